The van der Waals surface area contributed by atoms with Crippen LogP contribution in [0.5, 0.6) is 0 Å². The van der Waals surface area contributed by atoms with Gasteiger partial charge in [0.25, 0.3) is 0 Å². The molecule has 15 heavy (non-hydrogen) atoms. The van der Waals surface area contributed by atoms with Crippen molar-refractivity contribution < 1.29 is 24.8 Å². The van der Waals surface area contributed by atoms with E-state index in [0.717, 1.165) is 0 Å². The minimum absolute atomic E-state index is 0.126. The average molecular weight is 221 g/mol. The molecular weight excluding hydrogens is 200 g/mol. The van der Waals surface area contributed by atoms with Crippen LogP contribution in [0.3, 0.4) is 0 Å². The summed E-state index contributed by atoms with van der Waals surface area (Å²) in [7, 11) is 0. The van der Waals surface area contributed by atoms with Crippen molar-refractivity contribution in [3.05, 3.63) is 0 Å². The second kappa shape index (κ2) is 8.01. The van der Waals surface area contributed by atoms with Crippen LogP contribution in [0.4, 0.5) is 0 Å². The van der Waals surface area contributed by atoms with Crippen LogP contribution in [-0.4, -0.2) is 56.0 Å². The maximum absolute atomic E-state index is 10.1. The van der Waals surface area contributed by atoms with Gasteiger partial charge in [0.05, 0.1) is 39.1 Å². The lowest BCUT2D eigenvalue weighted by Gasteiger charge is -2.25. The van der Waals surface area contributed by atoms with Crippen LogP contribution >= 0.6 is 0 Å². The highest BCUT2D eigenvalue weighted by molar-refractivity contribution is 4.71. The molecule has 0 fully saturated rings. The van der Waals surface area contributed by atoms with E-state index < -0.39 is 5.41 Å². The molecule has 0 aromatic carbocycles. The molecule has 0 bridgehead atoms. The first-order valence-corrected chi connectivity index (χ1v) is 5.07. The first-order chi connectivity index (χ1) is 7.08. The molecule has 0 saturated heterocycles. The summed E-state index contributed by atoms with van der Waals surface area (Å²) in [5.41, 5.74) is -0.613. The SMILES string of the molecule is CC(COCC(C)(CO)CO)OCC[O]. The first-order valence-electron chi connectivity index (χ1n) is 5.07. The Labute approximate surface area is 90.6 Å². The molecule has 1 radical (unpaired) electrons. The van der Waals surface area contributed by atoms with Gasteiger partial charge in [0.1, 0.15) is 6.61 Å². The van der Waals surface area contributed by atoms with Crippen LogP contribution in [0.2, 0.25) is 0 Å². The van der Waals surface area contributed by atoms with Crippen molar-refractivity contribution in [1.29, 1.82) is 0 Å². The summed E-state index contributed by atoms with van der Waals surface area (Å²) in [6.45, 7) is 3.84. The topological polar surface area (TPSA) is 78.8 Å². The van der Waals surface area contributed by atoms with E-state index in [2.05, 4.69) is 0 Å². The van der Waals surface area contributed by atoms with E-state index in [1.807, 2.05) is 6.92 Å². The molecule has 0 aliphatic rings. The Morgan fingerprint density at radius 1 is 1.33 bits per heavy atom. The number of hydrogen-bond donors (Lipinski definition) is 2. The summed E-state index contributed by atoms with van der Waals surface area (Å²) < 4.78 is 10.4. The lowest BCUT2D eigenvalue weighted by Crippen LogP contribution is -2.33. The number of hydrogen-bond acceptors (Lipinski definition) is 4. The third kappa shape index (κ3) is 6.81. The zero-order chi connectivity index (χ0) is 11.7. The van der Waals surface area contributed by atoms with Gasteiger partial charge in [-0.05, 0) is 6.92 Å². The highest BCUT2D eigenvalue weighted by Crippen LogP contribution is 2.14. The fourth-order valence-electron chi connectivity index (χ4n) is 0.910. The fraction of sp³-hybridized carbons (Fsp3) is 1.00. The Kier molecular flexibility index (Phi) is 7.90. The Balaban J connectivity index is 3.59. The molecule has 0 aromatic rings. The van der Waals surface area contributed by atoms with Crippen molar-refractivity contribution in [3.63, 3.8) is 0 Å². The van der Waals surface area contributed by atoms with E-state index >= 15 is 0 Å². The molecule has 0 heterocycles. The van der Waals surface area contributed by atoms with Crippen LogP contribution in [0, 0.1) is 5.41 Å². The largest absolute Gasteiger partial charge is 0.396 e. The second-order valence-electron chi connectivity index (χ2n) is 4.03. The molecule has 0 aliphatic carbocycles. The quantitative estimate of drug-likeness (QED) is 0.566. The van der Waals surface area contributed by atoms with Crippen LogP contribution in [-0.2, 0) is 14.6 Å². The molecule has 0 saturated carbocycles. The standard InChI is InChI=1S/C10H21O5/c1-9(15-4-3-11)5-14-8-10(2,6-12)7-13/h9,12-13H,3-8H2,1-2H3. The van der Waals surface area contributed by atoms with Gasteiger partial charge in [0.2, 0.25) is 0 Å². The predicted molar refractivity (Wildman–Crippen MR) is 54.1 cm³/mol. The van der Waals surface area contributed by atoms with E-state index in [0.29, 0.717) is 6.61 Å². The number of rotatable bonds is 9. The Hall–Kier alpha value is -0.200. The first kappa shape index (κ1) is 14.8. The fourth-order valence-corrected chi connectivity index (χ4v) is 0.910. The van der Waals surface area contributed by atoms with Crippen molar-refractivity contribution in [3.8, 4) is 0 Å². The van der Waals surface area contributed by atoms with Gasteiger partial charge in [-0.15, -0.1) is 0 Å². The molecule has 91 valence electrons. The summed E-state index contributed by atoms with van der Waals surface area (Å²) in [6.07, 6.45) is -0.138. The van der Waals surface area contributed by atoms with Crippen molar-refractivity contribution in [1.82, 2.24) is 0 Å². The number of aliphatic hydroxyl groups excluding tert-OH is 2. The third-order valence-corrected chi connectivity index (χ3v) is 2.05. The average Bonchev–Trinajstić information content (AvgIpc) is 2.26. The van der Waals surface area contributed by atoms with Gasteiger partial charge in [0.15, 0.2) is 0 Å². The Morgan fingerprint density at radius 2 is 1.93 bits per heavy atom. The minimum atomic E-state index is -0.613. The summed E-state index contributed by atoms with van der Waals surface area (Å²) in [5.74, 6) is 0. The van der Waals surface area contributed by atoms with Crippen LogP contribution < -0.4 is 0 Å². The molecule has 0 aromatic heterocycles. The summed E-state index contributed by atoms with van der Waals surface area (Å²) in [4.78, 5) is 0. The van der Waals surface area contributed by atoms with E-state index in [4.69, 9.17) is 19.7 Å². The van der Waals surface area contributed by atoms with Gasteiger partial charge in [-0.3, -0.25) is 0 Å². The lowest BCUT2D eigenvalue weighted by atomic mass is 9.95. The van der Waals surface area contributed by atoms with Crippen molar-refractivity contribution in [2.75, 3.05) is 39.6 Å². The Morgan fingerprint density at radius 3 is 2.40 bits per heavy atom. The van der Waals surface area contributed by atoms with E-state index in [9.17, 15) is 5.11 Å². The monoisotopic (exact) mass is 221 g/mol. The van der Waals surface area contributed by atoms with Crippen LogP contribution in [0.15, 0.2) is 0 Å². The molecule has 2 N–H and O–H groups in total. The maximum Gasteiger partial charge on any atom is 0.106 e. The second-order valence-corrected chi connectivity index (χ2v) is 4.03. The molecule has 0 spiro atoms. The number of aliphatic hydroxyl groups is 2. The molecule has 1 unspecified atom stereocenters. The zero-order valence-electron chi connectivity index (χ0n) is 9.44. The van der Waals surface area contributed by atoms with Gasteiger partial charge in [-0.25, -0.2) is 5.11 Å². The molecule has 1 atom stereocenters. The molecule has 0 amide bonds. The van der Waals surface area contributed by atoms with E-state index in [1.165, 1.54) is 0 Å². The van der Waals surface area contributed by atoms with Crippen molar-refractivity contribution >= 4 is 0 Å². The van der Waals surface area contributed by atoms with Crippen LogP contribution in [0.1, 0.15) is 13.8 Å². The van der Waals surface area contributed by atoms with Gasteiger partial charge in [-0.2, -0.15) is 0 Å². The summed E-state index contributed by atoms with van der Waals surface area (Å²) in [6, 6.07) is 0. The Bertz CT molecular complexity index is 147. The van der Waals surface area contributed by atoms with Gasteiger partial charge < -0.3 is 19.7 Å². The minimum Gasteiger partial charge on any atom is -0.396 e. The lowest BCUT2D eigenvalue weighted by molar-refractivity contribution is -0.0626. The maximum atomic E-state index is 10.1. The molecule has 5 heteroatoms. The normalized spacial score (nSPS) is 14.2. The summed E-state index contributed by atoms with van der Waals surface area (Å²) in [5, 5.41) is 28.1. The van der Waals surface area contributed by atoms with Crippen molar-refractivity contribution in [2.24, 2.45) is 5.41 Å². The van der Waals surface area contributed by atoms with Gasteiger partial charge >= 0.3 is 0 Å². The molecular formula is C10H21O5. The smallest absolute Gasteiger partial charge is 0.106 e. The zero-order valence-corrected chi connectivity index (χ0v) is 9.44. The van der Waals surface area contributed by atoms with Crippen molar-refractivity contribution in [2.45, 2.75) is 20.0 Å². The van der Waals surface area contributed by atoms with Crippen LogP contribution in [0.25, 0.3) is 0 Å². The highest BCUT2D eigenvalue weighted by Gasteiger charge is 2.22. The third-order valence-electron chi connectivity index (χ3n) is 2.05. The van der Waals surface area contributed by atoms with E-state index in [1.54, 1.807) is 6.92 Å². The summed E-state index contributed by atoms with van der Waals surface area (Å²) >= 11 is 0. The highest BCUT2D eigenvalue weighted by atomic mass is 16.5. The molecule has 0 rings (SSSR count). The van der Waals surface area contributed by atoms with E-state index in [-0.39, 0.29) is 39.1 Å². The molecule has 0 aliphatic heterocycles. The van der Waals surface area contributed by atoms with Gasteiger partial charge in [-0.1, -0.05) is 6.92 Å². The number of ether oxygens (including phenoxy) is 2. The molecule has 5 nitrogen and oxygen atoms in total. The van der Waals surface area contributed by atoms with Gasteiger partial charge in [0, 0.05) is 5.41 Å². The predicted octanol–water partition coefficient (Wildman–Crippen LogP) is -0.171.